The molecular formula is C14H22N2O3. The van der Waals surface area contributed by atoms with Crippen LogP contribution < -0.4 is 11.1 Å². The molecule has 0 atom stereocenters. The van der Waals surface area contributed by atoms with Gasteiger partial charge in [-0.2, -0.15) is 0 Å². The summed E-state index contributed by atoms with van der Waals surface area (Å²) in [7, 11) is 1.67. The van der Waals surface area contributed by atoms with Crippen molar-refractivity contribution in [2.24, 2.45) is 0 Å². The second kappa shape index (κ2) is 9.35. The van der Waals surface area contributed by atoms with Gasteiger partial charge in [0.25, 0.3) is 0 Å². The molecule has 1 aromatic rings. The van der Waals surface area contributed by atoms with Crippen molar-refractivity contribution in [1.29, 1.82) is 0 Å². The Bertz CT molecular complexity index is 383. The maximum absolute atomic E-state index is 11.6. The maximum Gasteiger partial charge on any atom is 0.224 e. The lowest BCUT2D eigenvalue weighted by molar-refractivity contribution is -0.116. The molecule has 106 valence electrons. The van der Waals surface area contributed by atoms with Crippen LogP contribution in [-0.2, 0) is 14.3 Å². The summed E-state index contributed by atoms with van der Waals surface area (Å²) in [6, 6.07) is 7.14. The maximum atomic E-state index is 11.6. The fourth-order valence-electron chi connectivity index (χ4n) is 1.58. The molecule has 5 nitrogen and oxygen atoms in total. The van der Waals surface area contributed by atoms with E-state index in [9.17, 15) is 4.79 Å². The van der Waals surface area contributed by atoms with E-state index in [0.717, 1.165) is 12.1 Å². The number of amides is 1. The van der Waals surface area contributed by atoms with Crippen LogP contribution >= 0.6 is 0 Å². The molecule has 3 N–H and O–H groups in total. The number of carbonyl (C=O) groups is 1. The number of benzene rings is 1. The third-order valence-electron chi connectivity index (χ3n) is 2.50. The number of nitrogens with one attached hydrogen (secondary N) is 1. The van der Waals surface area contributed by atoms with E-state index in [2.05, 4.69) is 5.32 Å². The minimum Gasteiger partial charge on any atom is -0.399 e. The highest BCUT2D eigenvalue weighted by atomic mass is 16.5. The number of nitrogens with two attached hydrogens (primary N) is 1. The van der Waals surface area contributed by atoms with Crippen molar-refractivity contribution in [3.8, 4) is 0 Å². The van der Waals surface area contributed by atoms with Gasteiger partial charge < -0.3 is 20.5 Å². The van der Waals surface area contributed by atoms with E-state index in [4.69, 9.17) is 15.2 Å². The quantitative estimate of drug-likeness (QED) is 0.530. The first kappa shape index (κ1) is 15.5. The first-order valence-electron chi connectivity index (χ1n) is 6.44. The fourth-order valence-corrected chi connectivity index (χ4v) is 1.58. The number of rotatable bonds is 9. The molecule has 0 aliphatic heterocycles. The van der Waals surface area contributed by atoms with Crippen LogP contribution in [0.3, 0.4) is 0 Å². The molecule has 0 saturated heterocycles. The number of anilines is 2. The molecule has 19 heavy (non-hydrogen) atoms. The third kappa shape index (κ3) is 7.43. The molecule has 0 spiro atoms. The van der Waals surface area contributed by atoms with Crippen LogP contribution in [0.1, 0.15) is 19.3 Å². The summed E-state index contributed by atoms with van der Waals surface area (Å²) >= 11 is 0. The first-order chi connectivity index (χ1) is 9.22. The summed E-state index contributed by atoms with van der Waals surface area (Å²) in [4.78, 5) is 11.6. The fraction of sp³-hybridized carbons (Fsp3) is 0.500. The lowest BCUT2D eigenvalue weighted by Crippen LogP contribution is -2.12. The van der Waals surface area contributed by atoms with Gasteiger partial charge in [0.05, 0.1) is 0 Å². The van der Waals surface area contributed by atoms with E-state index in [1.165, 1.54) is 0 Å². The van der Waals surface area contributed by atoms with Crippen molar-refractivity contribution in [3.05, 3.63) is 24.3 Å². The Morgan fingerprint density at radius 3 is 2.79 bits per heavy atom. The van der Waals surface area contributed by atoms with E-state index in [-0.39, 0.29) is 5.91 Å². The van der Waals surface area contributed by atoms with Crippen LogP contribution in [-0.4, -0.2) is 32.8 Å². The standard InChI is InChI=1S/C14H22N2O3/c1-18-8-4-10-19-9-3-7-14(17)16-13-6-2-5-12(15)11-13/h2,5-6,11H,3-4,7-10,15H2,1H3,(H,16,17). The Kier molecular flexibility index (Phi) is 7.62. The molecular weight excluding hydrogens is 244 g/mol. The summed E-state index contributed by atoms with van der Waals surface area (Å²) in [5, 5.41) is 2.80. The van der Waals surface area contributed by atoms with Crippen LogP contribution in [0.5, 0.6) is 0 Å². The highest BCUT2D eigenvalue weighted by Gasteiger charge is 2.02. The van der Waals surface area contributed by atoms with Crippen molar-refractivity contribution in [1.82, 2.24) is 0 Å². The van der Waals surface area contributed by atoms with E-state index < -0.39 is 0 Å². The minimum absolute atomic E-state index is 0.0221. The van der Waals surface area contributed by atoms with Gasteiger partial charge in [-0.25, -0.2) is 0 Å². The monoisotopic (exact) mass is 266 g/mol. The van der Waals surface area contributed by atoms with Gasteiger partial charge in [-0.1, -0.05) is 6.07 Å². The summed E-state index contributed by atoms with van der Waals surface area (Å²) in [5.74, 6) is -0.0221. The van der Waals surface area contributed by atoms with E-state index in [1.807, 2.05) is 12.1 Å². The predicted octanol–water partition coefficient (Wildman–Crippen LogP) is 2.04. The SMILES string of the molecule is COCCCOCCCC(=O)Nc1cccc(N)c1. The number of ether oxygens (including phenoxy) is 2. The second-order valence-electron chi connectivity index (χ2n) is 4.24. The number of methoxy groups -OCH3 is 1. The van der Waals surface area contributed by atoms with Gasteiger partial charge in [0.15, 0.2) is 0 Å². The number of carbonyl (C=O) groups excluding carboxylic acids is 1. The lowest BCUT2D eigenvalue weighted by atomic mass is 10.2. The van der Waals surface area contributed by atoms with Crippen molar-refractivity contribution >= 4 is 17.3 Å². The summed E-state index contributed by atoms with van der Waals surface area (Å²) < 4.78 is 10.3. The average molecular weight is 266 g/mol. The number of hydrogen-bond donors (Lipinski definition) is 2. The minimum atomic E-state index is -0.0221. The van der Waals surface area contributed by atoms with Crippen molar-refractivity contribution in [2.45, 2.75) is 19.3 Å². The number of hydrogen-bond acceptors (Lipinski definition) is 4. The molecule has 0 saturated carbocycles. The van der Waals surface area contributed by atoms with Gasteiger partial charge in [0, 0.05) is 44.7 Å². The normalized spacial score (nSPS) is 10.4. The highest BCUT2D eigenvalue weighted by Crippen LogP contribution is 2.12. The molecule has 0 fully saturated rings. The van der Waals surface area contributed by atoms with E-state index in [1.54, 1.807) is 19.2 Å². The van der Waals surface area contributed by atoms with E-state index >= 15 is 0 Å². The lowest BCUT2D eigenvalue weighted by Gasteiger charge is -2.06. The molecule has 0 unspecified atom stereocenters. The Morgan fingerprint density at radius 2 is 2.05 bits per heavy atom. The topological polar surface area (TPSA) is 73.6 Å². The molecule has 1 aromatic carbocycles. The number of nitrogen functional groups attached to an aromatic ring is 1. The molecule has 0 aliphatic rings. The smallest absolute Gasteiger partial charge is 0.224 e. The zero-order valence-corrected chi connectivity index (χ0v) is 11.4. The van der Waals surface area contributed by atoms with Crippen molar-refractivity contribution in [2.75, 3.05) is 38.0 Å². The molecule has 5 heteroatoms. The van der Waals surface area contributed by atoms with Gasteiger partial charge in [0.1, 0.15) is 0 Å². The van der Waals surface area contributed by atoms with Crippen molar-refractivity contribution in [3.63, 3.8) is 0 Å². The molecule has 0 aliphatic carbocycles. The molecule has 0 aromatic heterocycles. The van der Waals surface area contributed by atoms with Crippen LogP contribution in [0.4, 0.5) is 11.4 Å². The van der Waals surface area contributed by atoms with E-state index in [0.29, 0.717) is 38.3 Å². The van der Waals surface area contributed by atoms with Gasteiger partial charge in [-0.3, -0.25) is 4.79 Å². The average Bonchev–Trinajstić information content (AvgIpc) is 2.37. The zero-order valence-electron chi connectivity index (χ0n) is 11.4. The highest BCUT2D eigenvalue weighted by molar-refractivity contribution is 5.91. The first-order valence-corrected chi connectivity index (χ1v) is 6.44. The predicted molar refractivity (Wildman–Crippen MR) is 76.0 cm³/mol. The zero-order chi connectivity index (χ0) is 13.9. The second-order valence-corrected chi connectivity index (χ2v) is 4.24. The Labute approximate surface area is 114 Å². The van der Waals surface area contributed by atoms with Gasteiger partial charge in [-0.05, 0) is 31.0 Å². The Morgan fingerprint density at radius 1 is 1.26 bits per heavy atom. The molecule has 1 rings (SSSR count). The van der Waals surface area contributed by atoms with Crippen LogP contribution in [0.2, 0.25) is 0 Å². The summed E-state index contributed by atoms with van der Waals surface area (Å²) in [6.45, 7) is 1.97. The Hall–Kier alpha value is -1.59. The summed E-state index contributed by atoms with van der Waals surface area (Å²) in [5.41, 5.74) is 7.00. The Balaban J connectivity index is 2.08. The van der Waals surface area contributed by atoms with Gasteiger partial charge in [0.2, 0.25) is 5.91 Å². The summed E-state index contributed by atoms with van der Waals surface area (Å²) in [6.07, 6.45) is 2.03. The van der Waals surface area contributed by atoms with Crippen molar-refractivity contribution < 1.29 is 14.3 Å². The van der Waals surface area contributed by atoms with Crippen LogP contribution in [0, 0.1) is 0 Å². The molecule has 1 amide bonds. The van der Waals surface area contributed by atoms with Crippen LogP contribution in [0.15, 0.2) is 24.3 Å². The third-order valence-corrected chi connectivity index (χ3v) is 2.50. The van der Waals surface area contributed by atoms with Gasteiger partial charge in [-0.15, -0.1) is 0 Å². The largest absolute Gasteiger partial charge is 0.399 e. The molecule has 0 bridgehead atoms. The van der Waals surface area contributed by atoms with Crippen LogP contribution in [0.25, 0.3) is 0 Å². The molecule has 0 radical (unpaired) electrons. The molecule has 0 heterocycles. The van der Waals surface area contributed by atoms with Gasteiger partial charge >= 0.3 is 0 Å².